The van der Waals surface area contributed by atoms with Crippen LogP contribution in [0.5, 0.6) is 5.75 Å². The van der Waals surface area contributed by atoms with Crippen LogP contribution in [0.25, 0.3) is 0 Å². The summed E-state index contributed by atoms with van der Waals surface area (Å²) in [6.07, 6.45) is 0. The second kappa shape index (κ2) is 5.45. The molecule has 96 valence electrons. The molecular weight excluding hydrogens is 244 g/mol. The molecule has 6 heteroatoms. The first-order valence-corrected chi connectivity index (χ1v) is 5.11. The zero-order valence-electron chi connectivity index (χ0n) is 9.87. The van der Waals surface area contributed by atoms with Crippen molar-refractivity contribution in [3.63, 3.8) is 0 Å². The summed E-state index contributed by atoms with van der Waals surface area (Å²) in [7, 11) is 1.25. The first kappa shape index (κ1) is 13.9. The van der Waals surface area contributed by atoms with Crippen molar-refractivity contribution in [2.75, 3.05) is 13.7 Å². The fraction of sp³-hybridized carbons (Fsp3) is 0.333. The lowest BCUT2D eigenvalue weighted by molar-refractivity contribution is -0.173. The van der Waals surface area contributed by atoms with Gasteiger partial charge in [0.2, 0.25) is 0 Å². The van der Waals surface area contributed by atoms with Crippen LogP contribution >= 0.6 is 0 Å². The minimum atomic E-state index is -3.77. The zero-order chi connectivity index (χ0) is 13.8. The predicted octanol–water partition coefficient (Wildman–Crippen LogP) is 2.22. The Bertz CT molecular complexity index is 495. The first-order chi connectivity index (χ1) is 8.47. The topological polar surface area (TPSA) is 59.3 Å². The van der Waals surface area contributed by atoms with Gasteiger partial charge in [-0.1, -0.05) is 6.07 Å². The number of methoxy groups -OCH3 is 1. The summed E-state index contributed by atoms with van der Waals surface area (Å²) >= 11 is 0. The number of alkyl halides is 2. The molecule has 0 aliphatic rings. The molecule has 0 fully saturated rings. The molecule has 0 bridgehead atoms. The Labute approximate surface area is 103 Å². The highest BCUT2D eigenvalue weighted by Gasteiger charge is 2.43. The Balaban J connectivity index is 3.18. The predicted molar refractivity (Wildman–Crippen MR) is 58.2 cm³/mol. The van der Waals surface area contributed by atoms with Gasteiger partial charge in [0.05, 0.1) is 19.3 Å². The molecular formula is C12H11F2NO3. The van der Waals surface area contributed by atoms with Crippen LogP contribution in [0.2, 0.25) is 0 Å². The third kappa shape index (κ3) is 2.56. The Morgan fingerprint density at radius 3 is 2.67 bits per heavy atom. The van der Waals surface area contributed by atoms with Gasteiger partial charge >= 0.3 is 11.9 Å². The van der Waals surface area contributed by atoms with E-state index in [1.54, 1.807) is 6.07 Å². The average Bonchev–Trinajstić information content (AvgIpc) is 2.38. The van der Waals surface area contributed by atoms with E-state index in [0.717, 1.165) is 12.1 Å². The van der Waals surface area contributed by atoms with Gasteiger partial charge in [-0.3, -0.25) is 0 Å². The number of hydrogen-bond donors (Lipinski definition) is 0. The Kier molecular flexibility index (Phi) is 4.21. The monoisotopic (exact) mass is 255 g/mol. The summed E-state index contributed by atoms with van der Waals surface area (Å²) < 4.78 is 36.5. The Morgan fingerprint density at radius 2 is 2.17 bits per heavy atom. The normalized spacial score (nSPS) is 10.6. The molecule has 0 saturated heterocycles. The third-order valence-electron chi connectivity index (χ3n) is 2.22. The second-order valence-corrected chi connectivity index (χ2v) is 3.32. The van der Waals surface area contributed by atoms with Crippen molar-refractivity contribution < 1.29 is 23.0 Å². The van der Waals surface area contributed by atoms with Gasteiger partial charge in [-0.15, -0.1) is 0 Å². The number of nitrogens with zero attached hydrogens (tertiary/aromatic N) is 1. The summed E-state index contributed by atoms with van der Waals surface area (Å²) in [5.41, 5.74) is -0.460. The molecule has 0 heterocycles. The number of rotatable bonds is 4. The zero-order valence-corrected chi connectivity index (χ0v) is 9.87. The van der Waals surface area contributed by atoms with Gasteiger partial charge in [0, 0.05) is 5.56 Å². The van der Waals surface area contributed by atoms with E-state index < -0.39 is 17.5 Å². The summed E-state index contributed by atoms with van der Waals surface area (Å²) in [5, 5.41) is 8.73. The van der Waals surface area contributed by atoms with Crippen molar-refractivity contribution in [2.45, 2.75) is 12.8 Å². The highest BCUT2D eigenvalue weighted by atomic mass is 19.3. The van der Waals surface area contributed by atoms with E-state index in [0.29, 0.717) is 0 Å². The van der Waals surface area contributed by atoms with Crippen molar-refractivity contribution in [2.24, 2.45) is 0 Å². The highest BCUT2D eigenvalue weighted by molar-refractivity contribution is 5.79. The summed E-state index contributed by atoms with van der Waals surface area (Å²) in [6, 6.07) is 4.91. The van der Waals surface area contributed by atoms with Gasteiger partial charge in [-0.25, -0.2) is 4.79 Å². The molecule has 1 aromatic rings. The lowest BCUT2D eigenvalue weighted by atomic mass is 10.1. The maximum atomic E-state index is 13.7. The van der Waals surface area contributed by atoms with Crippen molar-refractivity contribution in [1.82, 2.24) is 0 Å². The molecule has 0 saturated carbocycles. The van der Waals surface area contributed by atoms with Gasteiger partial charge in [-0.2, -0.15) is 14.0 Å². The summed E-state index contributed by atoms with van der Waals surface area (Å²) in [4.78, 5) is 11.1. The third-order valence-corrected chi connectivity index (χ3v) is 2.22. The van der Waals surface area contributed by atoms with Crippen molar-refractivity contribution in [1.29, 1.82) is 5.26 Å². The van der Waals surface area contributed by atoms with E-state index in [1.165, 1.54) is 20.1 Å². The van der Waals surface area contributed by atoms with Crippen LogP contribution < -0.4 is 4.74 Å². The van der Waals surface area contributed by atoms with Crippen LogP contribution in [0.15, 0.2) is 18.2 Å². The van der Waals surface area contributed by atoms with Crippen LogP contribution in [0, 0.1) is 11.3 Å². The van der Waals surface area contributed by atoms with Gasteiger partial charge in [0.1, 0.15) is 11.8 Å². The molecule has 1 rings (SSSR count). The number of carbonyl (C=O) groups excluding carboxylic acids is 1. The van der Waals surface area contributed by atoms with Crippen LogP contribution in [0.1, 0.15) is 18.1 Å². The Morgan fingerprint density at radius 1 is 1.50 bits per heavy atom. The number of hydrogen-bond acceptors (Lipinski definition) is 4. The molecule has 1 aromatic carbocycles. The van der Waals surface area contributed by atoms with E-state index >= 15 is 0 Å². The number of carbonyl (C=O) groups is 1. The van der Waals surface area contributed by atoms with E-state index in [9.17, 15) is 13.6 Å². The minimum absolute atomic E-state index is 0.0148. The largest absolute Gasteiger partial charge is 0.495 e. The fourth-order valence-electron chi connectivity index (χ4n) is 1.32. The van der Waals surface area contributed by atoms with Crippen LogP contribution in [-0.2, 0) is 15.5 Å². The first-order valence-electron chi connectivity index (χ1n) is 5.11. The van der Waals surface area contributed by atoms with E-state index in [-0.39, 0.29) is 17.9 Å². The molecule has 0 radical (unpaired) electrons. The molecule has 18 heavy (non-hydrogen) atoms. The SMILES string of the molecule is CCOC(=O)C(F)(F)c1ccc(C#N)c(OC)c1. The van der Waals surface area contributed by atoms with E-state index in [4.69, 9.17) is 10.00 Å². The molecule has 0 aliphatic carbocycles. The van der Waals surface area contributed by atoms with Crippen LogP contribution in [-0.4, -0.2) is 19.7 Å². The van der Waals surface area contributed by atoms with Gasteiger partial charge in [0.25, 0.3) is 0 Å². The molecule has 0 amide bonds. The number of benzene rings is 1. The molecule has 0 unspecified atom stereocenters. The standard InChI is InChI=1S/C12H11F2NO3/c1-3-18-11(16)12(13,14)9-5-4-8(7-15)10(6-9)17-2/h4-6H,3H2,1-2H3. The molecule has 0 atom stereocenters. The average molecular weight is 255 g/mol. The van der Waals surface area contributed by atoms with E-state index in [2.05, 4.69) is 4.74 Å². The van der Waals surface area contributed by atoms with Gasteiger partial charge < -0.3 is 9.47 Å². The number of ether oxygens (including phenoxy) is 2. The van der Waals surface area contributed by atoms with Crippen molar-refractivity contribution in [3.05, 3.63) is 29.3 Å². The molecule has 4 nitrogen and oxygen atoms in total. The number of esters is 1. The maximum Gasteiger partial charge on any atom is 0.381 e. The van der Waals surface area contributed by atoms with Crippen LogP contribution in [0.4, 0.5) is 8.78 Å². The van der Waals surface area contributed by atoms with Crippen molar-refractivity contribution in [3.8, 4) is 11.8 Å². The van der Waals surface area contributed by atoms with Gasteiger partial charge in [0.15, 0.2) is 0 Å². The van der Waals surface area contributed by atoms with Crippen molar-refractivity contribution >= 4 is 5.97 Å². The quantitative estimate of drug-likeness (QED) is 0.774. The smallest absolute Gasteiger partial charge is 0.381 e. The second-order valence-electron chi connectivity index (χ2n) is 3.32. The summed E-state index contributed by atoms with van der Waals surface area (Å²) in [6.45, 7) is 1.30. The minimum Gasteiger partial charge on any atom is -0.495 e. The molecule has 0 aromatic heterocycles. The lowest BCUT2D eigenvalue weighted by Gasteiger charge is -2.15. The maximum absolute atomic E-state index is 13.7. The molecule has 0 spiro atoms. The summed E-state index contributed by atoms with van der Waals surface area (Å²) in [5.74, 6) is -5.41. The molecule has 0 aliphatic heterocycles. The number of halogens is 2. The van der Waals surface area contributed by atoms with Crippen LogP contribution in [0.3, 0.4) is 0 Å². The van der Waals surface area contributed by atoms with Gasteiger partial charge in [-0.05, 0) is 19.1 Å². The Hall–Kier alpha value is -2.16. The highest BCUT2D eigenvalue weighted by Crippen LogP contribution is 2.33. The lowest BCUT2D eigenvalue weighted by Crippen LogP contribution is -2.28. The van der Waals surface area contributed by atoms with E-state index in [1.807, 2.05) is 0 Å². The molecule has 0 N–H and O–H groups in total. The fourth-order valence-corrected chi connectivity index (χ4v) is 1.32. The number of nitriles is 1.